The van der Waals surface area contributed by atoms with Crippen LogP contribution in [0.1, 0.15) is 17.5 Å². The Labute approximate surface area is 213 Å². The van der Waals surface area contributed by atoms with Gasteiger partial charge in [-0.05, 0) is 66.9 Å². The minimum Gasteiger partial charge on any atom is -0.457 e. The molecular formula is C25H23F3NO8P. The van der Waals surface area contributed by atoms with E-state index in [1.165, 1.54) is 30.3 Å². The van der Waals surface area contributed by atoms with Crippen molar-refractivity contribution in [1.82, 2.24) is 0 Å². The van der Waals surface area contributed by atoms with Gasteiger partial charge in [0.25, 0.3) is 0 Å². The maximum atomic E-state index is 13.1. The van der Waals surface area contributed by atoms with Gasteiger partial charge in [-0.25, -0.2) is 4.57 Å². The van der Waals surface area contributed by atoms with Gasteiger partial charge in [0.15, 0.2) is 0 Å². The number of phosphoric acid groups is 1. The van der Waals surface area contributed by atoms with Crippen molar-refractivity contribution in [3.63, 3.8) is 0 Å². The number of rotatable bonds is 9. The quantitative estimate of drug-likeness (QED) is 0.174. The number of halogens is 3. The lowest BCUT2D eigenvalue weighted by atomic mass is 9.93. The normalized spacial score (nSPS) is 14.1. The van der Waals surface area contributed by atoms with Gasteiger partial charge >= 0.3 is 14.0 Å². The number of ether oxygens (including phenoxy) is 1. The van der Waals surface area contributed by atoms with E-state index in [0.717, 1.165) is 12.1 Å². The van der Waals surface area contributed by atoms with Gasteiger partial charge in [-0.2, -0.15) is 13.2 Å². The molecule has 0 saturated carbocycles. The number of benzene rings is 3. The maximum Gasteiger partial charge on any atom is 0.469 e. The first-order valence-electron chi connectivity index (χ1n) is 11.2. The van der Waals surface area contributed by atoms with Crippen LogP contribution >= 0.6 is 7.82 Å². The maximum absolute atomic E-state index is 13.1. The molecule has 0 fully saturated rings. The highest BCUT2D eigenvalue weighted by molar-refractivity contribution is 7.46. The molecule has 3 aromatic carbocycles. The summed E-state index contributed by atoms with van der Waals surface area (Å²) in [7, 11) is -4.76. The van der Waals surface area contributed by atoms with E-state index in [1.54, 1.807) is 18.2 Å². The van der Waals surface area contributed by atoms with Crippen molar-refractivity contribution in [3.05, 3.63) is 82.0 Å². The first-order valence-corrected chi connectivity index (χ1v) is 12.7. The summed E-state index contributed by atoms with van der Waals surface area (Å²) in [4.78, 5) is 30.9. The molecule has 0 amide bonds. The Bertz CT molecular complexity index is 1570. The predicted molar refractivity (Wildman–Crippen MR) is 132 cm³/mol. The van der Waals surface area contributed by atoms with Crippen molar-refractivity contribution in [2.75, 3.05) is 13.2 Å². The molecule has 1 unspecified atom stereocenters. The third-order valence-corrected chi connectivity index (χ3v) is 6.34. The van der Waals surface area contributed by atoms with Crippen LogP contribution in [0.25, 0.3) is 21.9 Å². The molecule has 1 heterocycles. The molecule has 4 rings (SSSR count). The lowest BCUT2D eigenvalue weighted by molar-refractivity contribution is -0.137. The fraction of sp³-hybridized carbons (Fsp3) is 0.240. The molecule has 1 atom stereocenters. The number of nitrogens with two attached hydrogens (primary N) is 1. The van der Waals surface area contributed by atoms with Crippen LogP contribution in [0, 0.1) is 0 Å². The van der Waals surface area contributed by atoms with Gasteiger partial charge in [-0.15, -0.1) is 0 Å². The second kappa shape index (κ2) is 10.5. The SMILES string of the molecule is NC(CO)(CCc1ccc2oc3cc(Oc4ccc(C(F)(F)F)cc4)ccc3c(=O)c2c1)COP(=O)(O)O. The van der Waals surface area contributed by atoms with Crippen LogP contribution in [-0.4, -0.2) is 33.6 Å². The van der Waals surface area contributed by atoms with E-state index in [0.29, 0.717) is 5.56 Å². The monoisotopic (exact) mass is 553 g/mol. The van der Waals surface area contributed by atoms with Crippen molar-refractivity contribution in [2.24, 2.45) is 5.73 Å². The molecule has 1 aromatic heterocycles. The second-order valence-corrected chi connectivity index (χ2v) is 10.1. The third kappa shape index (κ3) is 6.60. The number of aryl methyl sites for hydroxylation is 1. The van der Waals surface area contributed by atoms with Crippen LogP contribution < -0.4 is 15.9 Å². The van der Waals surface area contributed by atoms with Crippen molar-refractivity contribution in [1.29, 1.82) is 0 Å². The zero-order valence-electron chi connectivity index (χ0n) is 19.6. The topological polar surface area (TPSA) is 152 Å². The molecule has 0 saturated heterocycles. The lowest BCUT2D eigenvalue weighted by Crippen LogP contribution is -2.48. The second-order valence-electron chi connectivity index (χ2n) is 8.83. The zero-order valence-corrected chi connectivity index (χ0v) is 20.5. The Morgan fingerprint density at radius 3 is 2.24 bits per heavy atom. The van der Waals surface area contributed by atoms with Crippen LogP contribution in [0.15, 0.2) is 69.9 Å². The van der Waals surface area contributed by atoms with Gasteiger partial charge in [0.05, 0.1) is 35.1 Å². The van der Waals surface area contributed by atoms with E-state index in [4.69, 9.17) is 24.7 Å². The van der Waals surface area contributed by atoms with Gasteiger partial charge in [-0.1, -0.05) is 6.07 Å². The Morgan fingerprint density at radius 1 is 0.921 bits per heavy atom. The van der Waals surface area contributed by atoms with Gasteiger partial charge in [-0.3, -0.25) is 9.32 Å². The highest BCUT2D eigenvalue weighted by Gasteiger charge is 2.30. The molecule has 0 aliphatic rings. The van der Waals surface area contributed by atoms with E-state index in [1.807, 2.05) is 0 Å². The van der Waals surface area contributed by atoms with Crippen molar-refractivity contribution in [2.45, 2.75) is 24.6 Å². The molecule has 0 aliphatic carbocycles. The molecule has 0 aliphatic heterocycles. The standard InChI is InChI=1S/C25H23F3NO8P/c26-25(27,28)16-2-4-17(5-3-16)36-18-6-7-19-22(12-18)37-21-8-1-15(11-20(21)23(19)31)9-10-24(29,13-30)14-35-38(32,33)34/h1-8,11-12,30H,9-10,13-14,29H2,(H2,32,33,34). The summed E-state index contributed by atoms with van der Waals surface area (Å²) in [5, 5.41) is 10.1. The Hall–Kier alpha value is -3.25. The first kappa shape index (κ1) is 27.8. The van der Waals surface area contributed by atoms with Crippen LogP contribution in [0.5, 0.6) is 11.5 Å². The fourth-order valence-corrected chi connectivity index (χ4v) is 4.18. The van der Waals surface area contributed by atoms with E-state index >= 15 is 0 Å². The molecule has 5 N–H and O–H groups in total. The molecule has 4 aromatic rings. The number of hydrogen-bond donors (Lipinski definition) is 4. The van der Waals surface area contributed by atoms with Gasteiger partial charge in [0.1, 0.15) is 22.7 Å². The fourth-order valence-electron chi connectivity index (χ4n) is 3.75. The van der Waals surface area contributed by atoms with Crippen LogP contribution in [0.3, 0.4) is 0 Å². The summed E-state index contributed by atoms with van der Waals surface area (Å²) in [6, 6.07) is 13.5. The van der Waals surface area contributed by atoms with Crippen LogP contribution in [0.2, 0.25) is 0 Å². The predicted octanol–water partition coefficient (Wildman–Crippen LogP) is 4.49. The van der Waals surface area contributed by atoms with Gasteiger partial charge in [0.2, 0.25) is 5.43 Å². The van der Waals surface area contributed by atoms with Crippen LogP contribution in [-0.2, 0) is 21.7 Å². The Balaban J connectivity index is 1.55. The van der Waals surface area contributed by atoms with Crippen molar-refractivity contribution in [3.8, 4) is 11.5 Å². The summed E-state index contributed by atoms with van der Waals surface area (Å²) >= 11 is 0. The summed E-state index contributed by atoms with van der Waals surface area (Å²) in [5.41, 5.74) is 4.64. The molecule has 0 radical (unpaired) electrons. The number of hydrogen-bond acceptors (Lipinski definition) is 7. The zero-order chi connectivity index (χ0) is 27.7. The smallest absolute Gasteiger partial charge is 0.457 e. The van der Waals surface area contributed by atoms with Gasteiger partial charge < -0.3 is 29.8 Å². The number of phosphoric ester groups is 1. The van der Waals surface area contributed by atoms with Crippen LogP contribution in [0.4, 0.5) is 13.2 Å². The van der Waals surface area contributed by atoms with Crippen molar-refractivity contribution < 1.29 is 46.3 Å². The number of fused-ring (bicyclic) bond motifs is 2. The van der Waals surface area contributed by atoms with Gasteiger partial charge in [0, 0.05) is 6.07 Å². The minimum atomic E-state index is -4.76. The number of aliphatic hydroxyl groups excluding tert-OH is 1. The first-order chi connectivity index (χ1) is 17.8. The van der Waals surface area contributed by atoms with E-state index in [2.05, 4.69) is 4.52 Å². The molecule has 9 nitrogen and oxygen atoms in total. The summed E-state index contributed by atoms with van der Waals surface area (Å²) in [6.45, 7) is -1.14. The molecular weight excluding hydrogens is 530 g/mol. The summed E-state index contributed by atoms with van der Waals surface area (Å²) in [5.74, 6) is 0.437. The number of alkyl halides is 3. The van der Waals surface area contributed by atoms with E-state index in [-0.39, 0.29) is 51.7 Å². The van der Waals surface area contributed by atoms with Crippen molar-refractivity contribution >= 4 is 29.8 Å². The molecule has 0 spiro atoms. The summed E-state index contributed by atoms with van der Waals surface area (Å²) < 4.78 is 65.2. The largest absolute Gasteiger partial charge is 0.469 e. The average Bonchev–Trinajstić information content (AvgIpc) is 2.86. The minimum absolute atomic E-state index is 0.110. The Morgan fingerprint density at radius 2 is 1.61 bits per heavy atom. The summed E-state index contributed by atoms with van der Waals surface area (Å²) in [6.07, 6.45) is -4.08. The molecule has 13 heteroatoms. The highest BCUT2D eigenvalue weighted by atomic mass is 31.2. The van der Waals surface area contributed by atoms with E-state index < -0.39 is 38.3 Å². The third-order valence-electron chi connectivity index (χ3n) is 5.87. The lowest BCUT2D eigenvalue weighted by Gasteiger charge is -2.27. The average molecular weight is 553 g/mol. The molecule has 202 valence electrons. The highest BCUT2D eigenvalue weighted by Crippen LogP contribution is 2.37. The Kier molecular flexibility index (Phi) is 7.67. The number of aliphatic hydroxyl groups is 1. The van der Waals surface area contributed by atoms with E-state index in [9.17, 15) is 27.6 Å². The molecule has 38 heavy (non-hydrogen) atoms. The molecule has 0 bridgehead atoms.